The number of hydrogen-bond donors (Lipinski definition) is 0. The molecule has 0 atom stereocenters. The lowest BCUT2D eigenvalue weighted by molar-refractivity contribution is 0.0972. The van der Waals surface area contributed by atoms with Crippen LogP contribution in [0.3, 0.4) is 0 Å². The average Bonchev–Trinajstić information content (AvgIpc) is 2.46. The van der Waals surface area contributed by atoms with Gasteiger partial charge in [0.15, 0.2) is 5.78 Å². The first kappa shape index (κ1) is 12.0. The van der Waals surface area contributed by atoms with Crippen LogP contribution in [0.4, 0.5) is 0 Å². The third-order valence-corrected chi connectivity index (χ3v) is 4.42. The Balaban J connectivity index is 1.98. The molecule has 1 heterocycles. The van der Waals surface area contributed by atoms with Gasteiger partial charge in [-0.3, -0.25) is 4.79 Å². The van der Waals surface area contributed by atoms with Crippen LogP contribution in [-0.2, 0) is 13.0 Å². The minimum Gasteiger partial charge on any atom is -0.488 e. The summed E-state index contributed by atoms with van der Waals surface area (Å²) in [5.41, 5.74) is 5.12. The lowest BCUT2D eigenvalue weighted by Crippen LogP contribution is -2.13. The van der Waals surface area contributed by atoms with Gasteiger partial charge in [0, 0.05) is 28.1 Å². The van der Waals surface area contributed by atoms with Crippen molar-refractivity contribution in [3.63, 3.8) is 0 Å². The Labute approximate surface area is 122 Å². The molecule has 2 aromatic rings. The van der Waals surface area contributed by atoms with Gasteiger partial charge in [0.25, 0.3) is 0 Å². The third-order valence-electron chi connectivity index (χ3n) is 4.11. The molecule has 2 aliphatic rings. The van der Waals surface area contributed by atoms with Gasteiger partial charge in [0.05, 0.1) is 0 Å². The van der Waals surface area contributed by atoms with Gasteiger partial charge in [-0.15, -0.1) is 0 Å². The van der Waals surface area contributed by atoms with Crippen molar-refractivity contribution >= 4 is 17.4 Å². The molecule has 0 unspecified atom stereocenters. The minimum atomic E-state index is 0.225. The first-order valence-corrected chi connectivity index (χ1v) is 7.22. The van der Waals surface area contributed by atoms with Crippen LogP contribution >= 0.6 is 11.6 Å². The molecule has 0 aromatic heterocycles. The second-order valence-electron chi connectivity index (χ2n) is 5.34. The standard InChI is InChI=1S/C17H13ClO2/c18-14-5-1-4-11-9-20-16-8-12-10(3-2-6-15(12)19)7-13(16)17(11)14/h1,4-5,7-8H,2-3,6,9H2. The SMILES string of the molecule is O=C1CCCc2cc3c(cc21)OCc1cccc(Cl)c1-3. The predicted octanol–water partition coefficient (Wildman–Crippen LogP) is 4.42. The lowest BCUT2D eigenvalue weighted by atomic mass is 9.86. The summed E-state index contributed by atoms with van der Waals surface area (Å²) in [6, 6.07) is 9.87. The molecule has 0 fully saturated rings. The average molecular weight is 285 g/mol. The zero-order valence-corrected chi connectivity index (χ0v) is 11.7. The number of Topliss-reactive ketones (excluding diaryl/α,β-unsaturated/α-hetero) is 1. The van der Waals surface area contributed by atoms with Crippen molar-refractivity contribution in [1.82, 2.24) is 0 Å². The molecule has 20 heavy (non-hydrogen) atoms. The van der Waals surface area contributed by atoms with Crippen LogP contribution in [0.1, 0.15) is 34.3 Å². The normalized spacial score (nSPS) is 15.9. The van der Waals surface area contributed by atoms with Crippen molar-refractivity contribution in [2.45, 2.75) is 25.9 Å². The molecule has 100 valence electrons. The fourth-order valence-corrected chi connectivity index (χ4v) is 3.42. The van der Waals surface area contributed by atoms with Crippen molar-refractivity contribution in [2.75, 3.05) is 0 Å². The monoisotopic (exact) mass is 284 g/mol. The van der Waals surface area contributed by atoms with E-state index in [4.69, 9.17) is 16.3 Å². The highest BCUT2D eigenvalue weighted by Crippen LogP contribution is 2.43. The number of carbonyl (C=O) groups excluding carboxylic acids is 1. The highest BCUT2D eigenvalue weighted by Gasteiger charge is 2.25. The van der Waals surface area contributed by atoms with Gasteiger partial charge >= 0.3 is 0 Å². The number of benzene rings is 2. The zero-order valence-electron chi connectivity index (χ0n) is 10.9. The molecule has 0 amide bonds. The number of ketones is 1. The first-order chi connectivity index (χ1) is 9.74. The van der Waals surface area contributed by atoms with E-state index < -0.39 is 0 Å². The molecule has 1 aliphatic carbocycles. The van der Waals surface area contributed by atoms with Crippen LogP contribution in [0.2, 0.25) is 5.02 Å². The largest absolute Gasteiger partial charge is 0.488 e. The number of ether oxygens (including phenoxy) is 1. The summed E-state index contributed by atoms with van der Waals surface area (Å²) in [5, 5.41) is 0.745. The van der Waals surface area contributed by atoms with Gasteiger partial charge in [-0.25, -0.2) is 0 Å². The molecule has 1 aliphatic heterocycles. The molecular formula is C17H13ClO2. The fourth-order valence-electron chi connectivity index (χ4n) is 3.13. The smallest absolute Gasteiger partial charge is 0.163 e. The highest BCUT2D eigenvalue weighted by molar-refractivity contribution is 6.33. The molecule has 0 bridgehead atoms. The topological polar surface area (TPSA) is 26.3 Å². The Morgan fingerprint density at radius 3 is 2.85 bits per heavy atom. The van der Waals surface area contributed by atoms with E-state index in [0.717, 1.165) is 51.4 Å². The minimum absolute atomic E-state index is 0.225. The maximum absolute atomic E-state index is 12.0. The molecule has 2 nitrogen and oxygen atoms in total. The molecule has 0 spiro atoms. The number of aryl methyl sites for hydroxylation is 1. The van der Waals surface area contributed by atoms with Crippen LogP contribution in [0.5, 0.6) is 5.75 Å². The number of halogens is 1. The maximum Gasteiger partial charge on any atom is 0.163 e. The number of fused-ring (bicyclic) bond motifs is 4. The molecule has 0 radical (unpaired) electrons. The van der Waals surface area contributed by atoms with Crippen LogP contribution in [0, 0.1) is 0 Å². The van der Waals surface area contributed by atoms with Gasteiger partial charge in [0.1, 0.15) is 12.4 Å². The predicted molar refractivity (Wildman–Crippen MR) is 78.5 cm³/mol. The fraction of sp³-hybridized carbons (Fsp3) is 0.235. The summed E-state index contributed by atoms with van der Waals surface area (Å²) >= 11 is 6.36. The van der Waals surface area contributed by atoms with Crippen LogP contribution in [-0.4, -0.2) is 5.78 Å². The Morgan fingerprint density at radius 2 is 1.95 bits per heavy atom. The Bertz CT molecular complexity index is 734. The first-order valence-electron chi connectivity index (χ1n) is 6.85. The highest BCUT2D eigenvalue weighted by atomic mass is 35.5. The van der Waals surface area contributed by atoms with Gasteiger partial charge in [0.2, 0.25) is 0 Å². The number of rotatable bonds is 0. The summed E-state index contributed by atoms with van der Waals surface area (Å²) in [7, 11) is 0. The van der Waals surface area contributed by atoms with Gasteiger partial charge < -0.3 is 4.74 Å². The summed E-state index contributed by atoms with van der Waals surface area (Å²) in [6.45, 7) is 0.510. The van der Waals surface area contributed by atoms with E-state index in [1.807, 2.05) is 24.3 Å². The number of hydrogen-bond acceptors (Lipinski definition) is 2. The quantitative estimate of drug-likeness (QED) is 0.716. The summed E-state index contributed by atoms with van der Waals surface area (Å²) in [4.78, 5) is 12.0. The summed E-state index contributed by atoms with van der Waals surface area (Å²) in [6.07, 6.45) is 2.53. The van der Waals surface area contributed by atoms with Gasteiger partial charge in [-0.2, -0.15) is 0 Å². The molecule has 0 saturated heterocycles. The second kappa shape index (κ2) is 4.35. The van der Waals surface area contributed by atoms with E-state index in [0.29, 0.717) is 13.0 Å². The number of carbonyl (C=O) groups is 1. The van der Waals surface area contributed by atoms with Crippen LogP contribution < -0.4 is 4.74 Å². The van der Waals surface area contributed by atoms with E-state index in [2.05, 4.69) is 6.07 Å². The van der Waals surface area contributed by atoms with E-state index in [1.54, 1.807) is 0 Å². The van der Waals surface area contributed by atoms with E-state index in [1.165, 1.54) is 0 Å². The molecule has 4 rings (SSSR count). The summed E-state index contributed by atoms with van der Waals surface area (Å²) in [5.74, 6) is 1.00. The lowest BCUT2D eigenvalue weighted by Gasteiger charge is -2.25. The van der Waals surface area contributed by atoms with Gasteiger partial charge in [-0.05, 0) is 42.2 Å². The van der Waals surface area contributed by atoms with Gasteiger partial charge in [-0.1, -0.05) is 23.7 Å². The third kappa shape index (κ3) is 1.68. The van der Waals surface area contributed by atoms with E-state index >= 15 is 0 Å². The maximum atomic E-state index is 12.0. The van der Waals surface area contributed by atoms with Crippen molar-refractivity contribution < 1.29 is 9.53 Å². The van der Waals surface area contributed by atoms with Crippen LogP contribution in [0.15, 0.2) is 30.3 Å². The second-order valence-corrected chi connectivity index (χ2v) is 5.75. The molecule has 3 heteroatoms. The summed E-state index contributed by atoms with van der Waals surface area (Å²) < 4.78 is 5.81. The van der Waals surface area contributed by atoms with Crippen molar-refractivity contribution in [2.24, 2.45) is 0 Å². The van der Waals surface area contributed by atoms with Crippen molar-refractivity contribution in [1.29, 1.82) is 0 Å². The van der Waals surface area contributed by atoms with Crippen LogP contribution in [0.25, 0.3) is 11.1 Å². The Morgan fingerprint density at radius 1 is 1.05 bits per heavy atom. The van der Waals surface area contributed by atoms with Crippen molar-refractivity contribution in [3.8, 4) is 16.9 Å². The Kier molecular flexibility index (Phi) is 2.61. The molecule has 0 saturated carbocycles. The van der Waals surface area contributed by atoms with E-state index in [-0.39, 0.29) is 5.78 Å². The zero-order chi connectivity index (χ0) is 13.7. The Hall–Kier alpha value is -1.80. The molecular weight excluding hydrogens is 272 g/mol. The molecule has 2 aromatic carbocycles. The van der Waals surface area contributed by atoms with Crippen molar-refractivity contribution in [3.05, 3.63) is 52.0 Å². The molecule has 0 N–H and O–H groups in total. The van der Waals surface area contributed by atoms with E-state index in [9.17, 15) is 4.79 Å².